The first-order valence-electron chi connectivity index (χ1n) is 20.0. The number of cyclic esters (lactones) is 1. The highest BCUT2D eigenvalue weighted by Crippen LogP contribution is 2.42. The third-order valence-electron chi connectivity index (χ3n) is 12.5. The zero-order chi connectivity index (χ0) is 42.1. The highest BCUT2D eigenvalue weighted by atomic mass is 16.7. The van der Waals surface area contributed by atoms with Crippen molar-refractivity contribution in [3.8, 4) is 0 Å². The van der Waals surface area contributed by atoms with E-state index >= 15 is 0 Å². The Hall–Kier alpha value is -2.25. The molecule has 0 spiro atoms. The Morgan fingerprint density at radius 2 is 1.61 bits per heavy atom. The molecule has 4 aliphatic heterocycles. The van der Waals surface area contributed by atoms with Crippen LogP contribution in [0.2, 0.25) is 0 Å². The van der Waals surface area contributed by atoms with E-state index in [1.54, 1.807) is 34.6 Å². The lowest BCUT2D eigenvalue weighted by molar-refractivity contribution is -0.309. The van der Waals surface area contributed by atoms with Gasteiger partial charge in [-0.05, 0) is 80.5 Å². The summed E-state index contributed by atoms with van der Waals surface area (Å²) in [6.45, 7) is 21.6. The maximum Gasteiger partial charge on any atom is 0.311 e. The molecule has 0 unspecified atom stereocenters. The molecule has 16 heteroatoms. The van der Waals surface area contributed by atoms with E-state index in [2.05, 4.69) is 16.9 Å². The first kappa shape index (κ1) is 46.4. The van der Waals surface area contributed by atoms with Crippen LogP contribution < -0.4 is 0 Å². The number of aliphatic hydroxyl groups excluding tert-OH is 1. The molecule has 56 heavy (non-hydrogen) atoms. The van der Waals surface area contributed by atoms with E-state index in [1.807, 2.05) is 46.7 Å². The van der Waals surface area contributed by atoms with Crippen LogP contribution in [-0.2, 0) is 38.0 Å². The molecule has 4 fully saturated rings. The average Bonchev–Trinajstić information content (AvgIpc) is 3.11. The number of fused-ring (bicyclic) bond motifs is 5. The third kappa shape index (κ3) is 9.78. The molecule has 0 aromatic carbocycles. The number of rotatable bonds is 6. The summed E-state index contributed by atoms with van der Waals surface area (Å²) in [6.07, 6.45) is -7.74. The Bertz CT molecular complexity index is 1420. The van der Waals surface area contributed by atoms with Crippen LogP contribution >= 0.6 is 0 Å². The van der Waals surface area contributed by atoms with Crippen LogP contribution in [0.25, 0.3) is 0 Å². The van der Waals surface area contributed by atoms with Crippen molar-refractivity contribution in [2.75, 3.05) is 27.3 Å². The van der Waals surface area contributed by atoms with Crippen LogP contribution in [0, 0.1) is 23.7 Å². The second-order valence-electron chi connectivity index (χ2n) is 17.6. The summed E-state index contributed by atoms with van der Waals surface area (Å²) in [4.78, 5) is 16.4. The summed E-state index contributed by atoms with van der Waals surface area (Å²) < 4.78 is 45.6. The first-order valence-corrected chi connectivity index (χ1v) is 20.0. The Labute approximate surface area is 332 Å². The minimum atomic E-state index is -1.77. The minimum Gasteiger partial charge on any atom is -0.459 e. The predicted octanol–water partition coefficient (Wildman–Crippen LogP) is 3.48. The second kappa shape index (κ2) is 18.3. The van der Waals surface area contributed by atoms with E-state index in [9.17, 15) is 30.5 Å². The van der Waals surface area contributed by atoms with E-state index < -0.39 is 95.6 Å². The number of aliphatic hydroxyl groups is 3. The van der Waals surface area contributed by atoms with Gasteiger partial charge in [-0.15, -0.1) is 0 Å². The number of oxime groups is 2. The van der Waals surface area contributed by atoms with Crippen LogP contribution in [0.15, 0.2) is 22.5 Å². The lowest BCUT2D eigenvalue weighted by Gasteiger charge is -2.49. The molecule has 17 atom stereocenters. The van der Waals surface area contributed by atoms with Crippen molar-refractivity contribution >= 4 is 17.4 Å². The fraction of sp³-hybridized carbons (Fsp3) is 0.875. The van der Waals surface area contributed by atoms with Crippen LogP contribution in [0.5, 0.6) is 0 Å². The van der Waals surface area contributed by atoms with E-state index in [4.69, 9.17) is 33.2 Å². The largest absolute Gasteiger partial charge is 0.459 e. The van der Waals surface area contributed by atoms with Gasteiger partial charge in [-0.3, -0.25) is 4.79 Å². The van der Waals surface area contributed by atoms with Gasteiger partial charge in [0.25, 0.3) is 0 Å². The highest BCUT2D eigenvalue weighted by molar-refractivity contribution is 5.95. The average molecular weight is 800 g/mol. The van der Waals surface area contributed by atoms with Crippen molar-refractivity contribution in [3.05, 3.63) is 12.2 Å². The molecule has 5 N–H and O–H groups in total. The standard InChI is InChI=1S/C40H69N3O13/c1-14-28-40(11,47)35-23(5)30(41-48)21(3)16-39(10,51-19-20(2)18-50-35)34(56-37-31(44)27(43(12)13)15-22(4)52-37)24(6)32(25(7)36(45)54-28)55-29-17-38(9,46)33(42-49)26(8)53-29/h21-29,31-32,34-35,37,44,46-49H,2,14-19H2,1,3-13H3/b41-30+,42-33-/t21-,22-,23-,24+,25-,26+,27+,28+,29+,31-,32+,34-,35+,37+,38-,39-,40-/m1/s1. The van der Waals surface area contributed by atoms with Crippen LogP contribution in [0.3, 0.4) is 0 Å². The molecular weight excluding hydrogens is 730 g/mol. The quantitative estimate of drug-likeness (QED) is 0.113. The summed E-state index contributed by atoms with van der Waals surface area (Å²) in [5, 5.41) is 62.7. The van der Waals surface area contributed by atoms with E-state index in [-0.39, 0.29) is 50.3 Å². The Morgan fingerprint density at radius 1 is 0.946 bits per heavy atom. The Kier molecular flexibility index (Phi) is 15.2. The molecule has 16 nitrogen and oxygen atoms in total. The van der Waals surface area contributed by atoms with Crippen LogP contribution in [0.1, 0.15) is 94.9 Å². The van der Waals surface area contributed by atoms with Crippen molar-refractivity contribution in [2.45, 2.75) is 173 Å². The van der Waals surface area contributed by atoms with E-state index in [0.717, 1.165) is 0 Å². The molecule has 0 aromatic heterocycles. The van der Waals surface area contributed by atoms with Gasteiger partial charge in [-0.2, -0.15) is 0 Å². The number of hydrogen-bond acceptors (Lipinski definition) is 16. The molecule has 2 bridgehead atoms. The van der Waals surface area contributed by atoms with Gasteiger partial charge in [-0.1, -0.05) is 44.6 Å². The zero-order valence-corrected chi connectivity index (χ0v) is 35.4. The molecule has 4 aliphatic rings. The van der Waals surface area contributed by atoms with Crippen LogP contribution in [0.4, 0.5) is 0 Å². The van der Waals surface area contributed by atoms with Crippen molar-refractivity contribution < 1.29 is 63.7 Å². The van der Waals surface area contributed by atoms with Gasteiger partial charge >= 0.3 is 5.97 Å². The summed E-state index contributed by atoms with van der Waals surface area (Å²) >= 11 is 0. The van der Waals surface area contributed by atoms with Gasteiger partial charge in [0, 0.05) is 30.2 Å². The van der Waals surface area contributed by atoms with Crippen molar-refractivity contribution in [3.63, 3.8) is 0 Å². The van der Waals surface area contributed by atoms with Gasteiger partial charge in [-0.25, -0.2) is 0 Å². The number of likely N-dealkylation sites (N-methyl/N-ethyl adjacent to an activating group) is 1. The fourth-order valence-electron chi connectivity index (χ4n) is 9.42. The fourth-order valence-corrected chi connectivity index (χ4v) is 9.42. The zero-order valence-electron chi connectivity index (χ0n) is 35.4. The molecule has 4 saturated heterocycles. The van der Waals surface area contributed by atoms with Gasteiger partial charge in [0.2, 0.25) is 0 Å². The van der Waals surface area contributed by atoms with E-state index in [0.29, 0.717) is 17.7 Å². The summed E-state index contributed by atoms with van der Waals surface area (Å²) in [7, 11) is 3.76. The number of esters is 1. The SMILES string of the molecule is C=C1CO[C@H]2[C@H](C)/C(=N/O)[C@H](C)C[C@@](C)(OC1)[C@H](O[C@@H]1O[C@H](C)C[C@H](N(C)C)[C@H]1O)[C@@H](C)[C@H](O[C@H]1C[C@@](C)(O)/C(=N\O)[C@H](C)O1)[C@@H](C)C(=O)O[C@@H](CC)[C@@]2(C)O. The summed E-state index contributed by atoms with van der Waals surface area (Å²) in [5.41, 5.74) is -3.76. The van der Waals surface area contributed by atoms with Gasteiger partial charge in [0.05, 0.1) is 54.9 Å². The smallest absolute Gasteiger partial charge is 0.311 e. The normalized spacial score (nSPS) is 47.9. The molecule has 4 rings (SSSR count). The van der Waals surface area contributed by atoms with Gasteiger partial charge in [0.15, 0.2) is 12.6 Å². The molecule has 0 amide bonds. The third-order valence-corrected chi connectivity index (χ3v) is 12.5. The first-order chi connectivity index (χ1) is 26.0. The molecular formula is C40H69N3O13. The predicted molar refractivity (Wildman–Crippen MR) is 206 cm³/mol. The lowest BCUT2D eigenvalue weighted by atomic mass is 9.73. The number of carbonyl (C=O) groups is 1. The monoisotopic (exact) mass is 799 g/mol. The van der Waals surface area contributed by atoms with Crippen LogP contribution in [-0.4, -0.2) is 153 Å². The minimum absolute atomic E-state index is 0.0125. The maximum atomic E-state index is 14.4. The molecule has 0 radical (unpaired) electrons. The molecule has 0 aliphatic carbocycles. The number of hydrogen-bond donors (Lipinski definition) is 5. The summed E-state index contributed by atoms with van der Waals surface area (Å²) in [5.74, 6) is -3.65. The molecule has 0 saturated carbocycles. The Morgan fingerprint density at radius 3 is 2.18 bits per heavy atom. The maximum absolute atomic E-state index is 14.4. The molecule has 4 heterocycles. The number of carbonyl (C=O) groups excluding carboxylic acids is 1. The van der Waals surface area contributed by atoms with Gasteiger partial charge < -0.3 is 63.8 Å². The second-order valence-corrected chi connectivity index (χ2v) is 17.6. The number of nitrogens with zero attached hydrogens (tertiary/aromatic N) is 3. The summed E-state index contributed by atoms with van der Waals surface area (Å²) in [6, 6.07) is -0.304. The number of ether oxygens (including phenoxy) is 7. The lowest BCUT2D eigenvalue weighted by Crippen LogP contribution is -2.61. The van der Waals surface area contributed by atoms with E-state index in [1.165, 1.54) is 6.92 Å². The van der Waals surface area contributed by atoms with Crippen molar-refractivity contribution in [1.82, 2.24) is 4.90 Å². The van der Waals surface area contributed by atoms with Gasteiger partial charge in [0.1, 0.15) is 35.2 Å². The molecule has 322 valence electrons. The topological polar surface area (TPSA) is 211 Å². The molecule has 0 aromatic rings. The highest BCUT2D eigenvalue weighted by Gasteiger charge is 2.54. The van der Waals surface area contributed by atoms with Crippen molar-refractivity contribution in [2.24, 2.45) is 34.0 Å². The van der Waals surface area contributed by atoms with Crippen molar-refractivity contribution in [1.29, 1.82) is 0 Å². The Balaban J connectivity index is 1.96.